The summed E-state index contributed by atoms with van der Waals surface area (Å²) in [6.45, 7) is 2.32. The fourth-order valence-electron chi connectivity index (χ4n) is 4.70. The zero-order valence-electron chi connectivity index (χ0n) is 22.2. The molecule has 2 aromatic carbocycles. The Hall–Kier alpha value is -4.32. The molecule has 2 atom stereocenters. The van der Waals surface area contributed by atoms with Crippen LogP contribution in [-0.4, -0.2) is 36.5 Å². The predicted molar refractivity (Wildman–Crippen MR) is 153 cm³/mol. The Labute approximate surface area is 233 Å². The number of fused-ring (bicyclic) bond motifs is 1. The maximum atomic E-state index is 14.4. The van der Waals surface area contributed by atoms with Gasteiger partial charge in [0.15, 0.2) is 11.0 Å². The van der Waals surface area contributed by atoms with E-state index in [9.17, 15) is 18.2 Å². The minimum absolute atomic E-state index is 0.152. The molecule has 0 aliphatic carbocycles. The molecular weight excluding hydrogens is 533 g/mol. The fourth-order valence-corrected chi connectivity index (χ4v) is 5.47. The second kappa shape index (κ2) is 11.8. The van der Waals surface area contributed by atoms with Crippen molar-refractivity contribution in [3.63, 3.8) is 0 Å². The molecule has 2 unspecified atom stereocenters. The third-order valence-corrected chi connectivity index (χ3v) is 7.92. The normalized spacial score (nSPS) is 15.0. The topological polar surface area (TPSA) is 114 Å². The van der Waals surface area contributed by atoms with E-state index in [0.717, 1.165) is 23.0 Å². The summed E-state index contributed by atoms with van der Waals surface area (Å²) in [5.74, 6) is 0.338. The molecule has 0 amide bonds. The van der Waals surface area contributed by atoms with Crippen molar-refractivity contribution in [1.82, 2.24) is 19.1 Å². The van der Waals surface area contributed by atoms with Crippen LogP contribution in [0.2, 0.25) is 0 Å². The van der Waals surface area contributed by atoms with E-state index in [2.05, 4.69) is 20.0 Å². The van der Waals surface area contributed by atoms with E-state index < -0.39 is 28.1 Å². The molecule has 0 spiro atoms. The van der Waals surface area contributed by atoms with Crippen LogP contribution in [0.5, 0.6) is 0 Å². The summed E-state index contributed by atoms with van der Waals surface area (Å²) in [6.07, 6.45) is 4.97. The van der Waals surface area contributed by atoms with Crippen LogP contribution < -0.4 is 26.2 Å². The molecule has 0 bridgehead atoms. The lowest BCUT2D eigenvalue weighted by Crippen LogP contribution is -2.42. The second-order valence-electron chi connectivity index (χ2n) is 9.53. The number of anilines is 3. The third-order valence-electron chi connectivity index (χ3n) is 6.85. The van der Waals surface area contributed by atoms with Gasteiger partial charge in [0.25, 0.3) is 5.56 Å². The molecule has 208 valence electrons. The average molecular weight is 564 g/mol. The highest BCUT2D eigenvalue weighted by molar-refractivity contribution is 7.86. The number of rotatable bonds is 10. The number of nitrogens with zero attached hydrogens (tertiary/aromatic N) is 5. The van der Waals surface area contributed by atoms with Gasteiger partial charge in [-0.3, -0.25) is 18.7 Å². The van der Waals surface area contributed by atoms with Crippen LogP contribution in [0.3, 0.4) is 0 Å². The molecular formula is C28H30FN7O3S. The molecule has 0 saturated carbocycles. The van der Waals surface area contributed by atoms with Gasteiger partial charge in [0.05, 0.1) is 11.4 Å². The van der Waals surface area contributed by atoms with E-state index in [-0.39, 0.29) is 24.2 Å². The Morgan fingerprint density at radius 2 is 1.75 bits per heavy atom. The smallest absolute Gasteiger partial charge is 0.333 e. The van der Waals surface area contributed by atoms with Gasteiger partial charge < -0.3 is 10.2 Å². The van der Waals surface area contributed by atoms with Crippen molar-refractivity contribution in [2.75, 3.05) is 22.0 Å². The lowest BCUT2D eigenvalue weighted by molar-refractivity contribution is 0.541. The molecule has 10 nitrogen and oxygen atoms in total. The van der Waals surface area contributed by atoms with Gasteiger partial charge in [-0.2, -0.15) is 0 Å². The van der Waals surface area contributed by atoms with Crippen LogP contribution in [0.15, 0.2) is 81.5 Å². The van der Waals surface area contributed by atoms with Crippen LogP contribution in [0.4, 0.5) is 21.8 Å². The van der Waals surface area contributed by atoms with Crippen molar-refractivity contribution in [2.24, 2.45) is 0 Å². The first-order valence-corrected chi connectivity index (χ1v) is 14.2. The molecule has 1 aliphatic heterocycles. The number of nitrogens with one attached hydrogen (secondary N) is 2. The standard InChI is InChI=1S/C28H30FN7O3S/c1-3-4-16-35-25-24(26(37)36(28(35)38)18-20-8-5-6-9-22(20)29)32-23(34(25)2)17-19-10-12-21(13-11-19)40(39)33-27-30-14-7-15-31-27/h5-15,23,32H,3-4,16-18H2,1-2H3,(H,30,31,33). The molecule has 0 saturated heterocycles. The van der Waals surface area contributed by atoms with E-state index in [1.54, 1.807) is 53.4 Å². The number of unbranched alkanes of at least 4 members (excludes halogenated alkanes) is 1. The Balaban J connectivity index is 1.39. The van der Waals surface area contributed by atoms with E-state index in [1.807, 2.05) is 31.0 Å². The summed E-state index contributed by atoms with van der Waals surface area (Å²) in [7, 11) is 0.317. The lowest BCUT2D eigenvalue weighted by atomic mass is 10.1. The molecule has 0 radical (unpaired) electrons. The summed E-state index contributed by atoms with van der Waals surface area (Å²) < 4.78 is 32.5. The molecule has 5 rings (SSSR count). The Bertz CT molecular complexity index is 1640. The number of hydrogen-bond donors (Lipinski definition) is 2. The minimum atomic E-state index is -1.53. The highest BCUT2D eigenvalue weighted by Crippen LogP contribution is 2.31. The molecule has 2 aromatic heterocycles. The van der Waals surface area contributed by atoms with Crippen LogP contribution in [0, 0.1) is 5.82 Å². The van der Waals surface area contributed by atoms with Crippen LogP contribution >= 0.6 is 0 Å². The molecule has 40 heavy (non-hydrogen) atoms. The average Bonchev–Trinajstić information content (AvgIpc) is 3.28. The van der Waals surface area contributed by atoms with E-state index in [4.69, 9.17) is 0 Å². The summed E-state index contributed by atoms with van der Waals surface area (Å²) >= 11 is 0. The number of benzene rings is 2. The number of halogens is 1. The van der Waals surface area contributed by atoms with Gasteiger partial charge in [0.2, 0.25) is 5.95 Å². The highest BCUT2D eigenvalue weighted by atomic mass is 32.2. The van der Waals surface area contributed by atoms with Gasteiger partial charge in [-0.25, -0.2) is 23.4 Å². The second-order valence-corrected chi connectivity index (χ2v) is 10.7. The van der Waals surface area contributed by atoms with Crippen LogP contribution in [0.25, 0.3) is 0 Å². The van der Waals surface area contributed by atoms with Gasteiger partial charge in [-0.05, 0) is 36.2 Å². The Morgan fingerprint density at radius 1 is 1.02 bits per heavy atom. The largest absolute Gasteiger partial charge is 0.357 e. The summed E-state index contributed by atoms with van der Waals surface area (Å²) in [5.41, 5.74) is 0.603. The zero-order chi connectivity index (χ0) is 28.2. The number of aromatic nitrogens is 4. The first kappa shape index (κ1) is 27.3. The van der Waals surface area contributed by atoms with Crippen molar-refractivity contribution >= 4 is 28.4 Å². The van der Waals surface area contributed by atoms with Crippen LogP contribution in [-0.2, 0) is 30.5 Å². The first-order valence-electron chi connectivity index (χ1n) is 13.0. The first-order chi connectivity index (χ1) is 19.4. The monoisotopic (exact) mass is 563 g/mol. The quantitative estimate of drug-likeness (QED) is 0.304. The van der Waals surface area contributed by atoms with Gasteiger partial charge in [0.1, 0.15) is 23.5 Å². The van der Waals surface area contributed by atoms with E-state index in [0.29, 0.717) is 29.4 Å². The van der Waals surface area contributed by atoms with Crippen molar-refractivity contribution in [1.29, 1.82) is 0 Å². The number of likely N-dealkylation sites (N-methyl/N-ethyl adjacent to an activating group) is 1. The van der Waals surface area contributed by atoms with Crippen molar-refractivity contribution < 1.29 is 8.60 Å². The van der Waals surface area contributed by atoms with Crippen molar-refractivity contribution in [3.8, 4) is 0 Å². The summed E-state index contributed by atoms with van der Waals surface area (Å²) in [6, 6.07) is 15.1. The minimum Gasteiger partial charge on any atom is -0.357 e. The van der Waals surface area contributed by atoms with Crippen LogP contribution in [0.1, 0.15) is 30.9 Å². The molecule has 3 heterocycles. The maximum absolute atomic E-state index is 14.4. The lowest BCUT2D eigenvalue weighted by Gasteiger charge is -2.24. The third kappa shape index (κ3) is 5.53. The van der Waals surface area contributed by atoms with Gasteiger partial charge in [-0.1, -0.05) is 43.7 Å². The molecule has 0 fully saturated rings. The molecule has 1 aliphatic rings. The van der Waals surface area contributed by atoms with Gasteiger partial charge in [0, 0.05) is 38.0 Å². The fraction of sp³-hybridized carbons (Fsp3) is 0.286. The molecule has 4 aromatic rings. The predicted octanol–water partition coefficient (Wildman–Crippen LogP) is 3.35. The Kier molecular flexibility index (Phi) is 8.06. The zero-order valence-corrected chi connectivity index (χ0v) is 23.0. The van der Waals surface area contributed by atoms with Gasteiger partial charge >= 0.3 is 5.69 Å². The highest BCUT2D eigenvalue weighted by Gasteiger charge is 2.33. The van der Waals surface area contributed by atoms with Gasteiger partial charge in [-0.15, -0.1) is 0 Å². The molecule has 12 heteroatoms. The molecule has 2 N–H and O–H groups in total. The maximum Gasteiger partial charge on any atom is 0.333 e. The summed E-state index contributed by atoms with van der Waals surface area (Å²) in [4.78, 5) is 37.6. The van der Waals surface area contributed by atoms with Crippen molar-refractivity contribution in [3.05, 3.63) is 105 Å². The van der Waals surface area contributed by atoms with E-state index in [1.165, 1.54) is 6.07 Å². The van der Waals surface area contributed by atoms with E-state index >= 15 is 0 Å². The SMILES string of the molecule is CCCCn1c2c(c(=O)n(Cc3ccccc3F)c1=O)NC(Cc1ccc(S(=O)Nc3ncccn3)cc1)N2C. The Morgan fingerprint density at radius 3 is 2.45 bits per heavy atom. The number of hydrogen-bond acceptors (Lipinski definition) is 7. The van der Waals surface area contributed by atoms with Crippen molar-refractivity contribution in [2.45, 2.75) is 50.3 Å². The summed E-state index contributed by atoms with van der Waals surface area (Å²) in [5, 5.41) is 3.31.